The molecule has 0 amide bonds. The van der Waals surface area contributed by atoms with Gasteiger partial charge >= 0.3 is 5.97 Å². The van der Waals surface area contributed by atoms with Gasteiger partial charge < -0.3 is 5.11 Å². The predicted octanol–water partition coefficient (Wildman–Crippen LogP) is 8.45. The minimum absolute atomic E-state index is 0.0422. The Bertz CT molecular complexity index is 782. The van der Waals surface area contributed by atoms with E-state index in [2.05, 4.69) is 65.0 Å². The summed E-state index contributed by atoms with van der Waals surface area (Å²) in [5, 5.41) is 18.6. The maximum absolute atomic E-state index is 10.3. The molecule has 176 valence electrons. The zero-order valence-corrected chi connectivity index (χ0v) is 20.3. The van der Waals surface area contributed by atoms with Gasteiger partial charge in [-0.1, -0.05) is 54.0 Å². The third kappa shape index (κ3) is 14.9. The van der Waals surface area contributed by atoms with E-state index in [0.717, 1.165) is 18.6 Å². The number of carboxylic acid groups (broad SMARTS) is 1. The van der Waals surface area contributed by atoms with E-state index in [1.165, 1.54) is 67.4 Å². The second-order valence-electron chi connectivity index (χ2n) is 7.84. The highest BCUT2D eigenvalue weighted by Crippen LogP contribution is 2.13. The van der Waals surface area contributed by atoms with Crippen molar-refractivity contribution in [3.8, 4) is 0 Å². The highest BCUT2D eigenvalue weighted by atomic mass is 16.6. The van der Waals surface area contributed by atoms with Crippen LogP contribution in [0.1, 0.15) is 89.9 Å². The fourth-order valence-electron chi connectivity index (χ4n) is 2.76. The first-order chi connectivity index (χ1) is 15.2. The minimum atomic E-state index is -1.09. The summed E-state index contributed by atoms with van der Waals surface area (Å²) in [6.07, 6.45) is 19.9. The van der Waals surface area contributed by atoms with Gasteiger partial charge in [0.1, 0.15) is 0 Å². The summed E-state index contributed by atoms with van der Waals surface area (Å²) in [6.45, 7) is 11.0. The van der Waals surface area contributed by atoms with E-state index in [-0.39, 0.29) is 11.3 Å². The Morgan fingerprint density at radius 3 is 1.84 bits per heavy atom. The van der Waals surface area contributed by atoms with Crippen LogP contribution in [0.15, 0.2) is 71.4 Å². The minimum Gasteiger partial charge on any atom is -0.478 e. The van der Waals surface area contributed by atoms with Crippen molar-refractivity contribution in [2.24, 2.45) is 0 Å². The van der Waals surface area contributed by atoms with Crippen LogP contribution in [0.25, 0.3) is 0 Å². The van der Waals surface area contributed by atoms with Crippen molar-refractivity contribution in [2.45, 2.75) is 79.6 Å². The van der Waals surface area contributed by atoms with Crippen LogP contribution in [0.4, 0.5) is 5.69 Å². The number of carboxylic acids is 1. The molecule has 1 N–H and O–H groups in total. The van der Waals surface area contributed by atoms with Crippen molar-refractivity contribution in [3.05, 3.63) is 87.0 Å². The maximum atomic E-state index is 10.3. The number of aromatic carboxylic acids is 1. The van der Waals surface area contributed by atoms with Gasteiger partial charge in [-0.3, -0.25) is 10.1 Å². The lowest BCUT2D eigenvalue weighted by Crippen LogP contribution is -1.96. The second-order valence-corrected chi connectivity index (χ2v) is 7.84. The van der Waals surface area contributed by atoms with E-state index in [1.807, 2.05) is 0 Å². The van der Waals surface area contributed by atoms with Crippen LogP contribution in [-0.2, 0) is 0 Å². The molecule has 5 heteroatoms. The summed E-state index contributed by atoms with van der Waals surface area (Å²) in [5.74, 6) is -1.09. The fourth-order valence-corrected chi connectivity index (χ4v) is 2.76. The van der Waals surface area contributed by atoms with Crippen LogP contribution in [0.5, 0.6) is 0 Å². The van der Waals surface area contributed by atoms with Gasteiger partial charge in [-0.25, -0.2) is 4.79 Å². The molecule has 0 atom stereocenters. The van der Waals surface area contributed by atoms with Crippen LogP contribution < -0.4 is 0 Å². The smallest absolute Gasteiger partial charge is 0.335 e. The molecule has 1 rings (SSSR count). The van der Waals surface area contributed by atoms with Crippen molar-refractivity contribution in [1.82, 2.24) is 0 Å². The molecule has 0 spiro atoms. The number of nitrogens with zero attached hydrogens (tertiary/aromatic N) is 1. The summed E-state index contributed by atoms with van der Waals surface area (Å²) in [4.78, 5) is 19.9. The van der Waals surface area contributed by atoms with Crippen LogP contribution in [-0.4, -0.2) is 16.0 Å². The Balaban J connectivity index is 0.000000677. The summed E-state index contributed by atoms with van der Waals surface area (Å²) >= 11 is 0. The summed E-state index contributed by atoms with van der Waals surface area (Å²) < 4.78 is 0. The number of benzene rings is 1. The Morgan fingerprint density at radius 2 is 1.41 bits per heavy atom. The maximum Gasteiger partial charge on any atom is 0.335 e. The first kappa shape index (κ1) is 29.1. The Hall–Kier alpha value is -2.95. The predicted molar refractivity (Wildman–Crippen MR) is 134 cm³/mol. The van der Waals surface area contributed by atoms with Gasteiger partial charge in [-0.2, -0.15) is 0 Å². The zero-order valence-electron chi connectivity index (χ0n) is 20.3. The molecule has 0 bridgehead atoms. The Kier molecular flexibility index (Phi) is 16.1. The van der Waals surface area contributed by atoms with Gasteiger partial charge in [0.2, 0.25) is 0 Å². The average Bonchev–Trinajstić information content (AvgIpc) is 2.77. The first-order valence-corrected chi connectivity index (χ1v) is 11.3. The molecule has 0 saturated carbocycles. The summed E-state index contributed by atoms with van der Waals surface area (Å²) in [7, 11) is 0. The van der Waals surface area contributed by atoms with Gasteiger partial charge in [0.15, 0.2) is 0 Å². The number of nitro groups is 1. The molecule has 0 aliphatic rings. The largest absolute Gasteiger partial charge is 0.478 e. The van der Waals surface area contributed by atoms with Crippen LogP contribution in [0.2, 0.25) is 0 Å². The van der Waals surface area contributed by atoms with Gasteiger partial charge in [-0.05, 0) is 84.8 Å². The third-order valence-corrected chi connectivity index (χ3v) is 4.99. The molecule has 32 heavy (non-hydrogen) atoms. The lowest BCUT2D eigenvalue weighted by atomic mass is 10.0. The van der Waals surface area contributed by atoms with Crippen molar-refractivity contribution >= 4 is 11.7 Å². The highest BCUT2D eigenvalue weighted by molar-refractivity contribution is 5.87. The molecule has 0 radical (unpaired) electrons. The number of hydrogen-bond donors (Lipinski definition) is 1. The average molecular weight is 442 g/mol. The molecule has 0 aliphatic heterocycles. The standard InChI is InChI=1S/C20H34.C7H5NO4/c1-6-8-9-10-13-19(4)16-12-17-20(5)15-11-14-18(3)7-2;9-7(10)5-1-3-6(4-2-5)8(11)12/h7-9,15-16H,6,10-14,17H2,1-5H3;1-4H,(H,9,10)/b9-8?,18-7+,19-16+,20-15-;. The SMILES string of the molecule is C/C=C(\C)CC/C=C(/C)CC/C=C(\C)CCC=CCC.O=C(O)c1ccc([N+](=O)[O-])cc1. The van der Waals surface area contributed by atoms with Crippen LogP contribution >= 0.6 is 0 Å². The van der Waals surface area contributed by atoms with E-state index in [9.17, 15) is 14.9 Å². The first-order valence-electron chi connectivity index (χ1n) is 11.3. The number of rotatable bonds is 12. The molecule has 0 fully saturated rings. The lowest BCUT2D eigenvalue weighted by Gasteiger charge is -2.02. The van der Waals surface area contributed by atoms with Gasteiger partial charge in [-0.15, -0.1) is 0 Å². The molecule has 0 aromatic heterocycles. The van der Waals surface area contributed by atoms with Crippen LogP contribution in [0, 0.1) is 10.1 Å². The zero-order chi connectivity index (χ0) is 24.4. The lowest BCUT2D eigenvalue weighted by molar-refractivity contribution is -0.384. The summed E-state index contributed by atoms with van der Waals surface area (Å²) in [6, 6.07) is 4.70. The van der Waals surface area contributed by atoms with E-state index in [4.69, 9.17) is 5.11 Å². The van der Waals surface area contributed by atoms with Crippen molar-refractivity contribution in [3.63, 3.8) is 0 Å². The van der Waals surface area contributed by atoms with Gasteiger partial charge in [0, 0.05) is 12.1 Å². The molecule has 1 aromatic carbocycles. The Morgan fingerprint density at radius 1 is 0.906 bits per heavy atom. The van der Waals surface area contributed by atoms with Gasteiger partial charge in [0.05, 0.1) is 10.5 Å². The molecule has 0 saturated heterocycles. The van der Waals surface area contributed by atoms with Crippen molar-refractivity contribution < 1.29 is 14.8 Å². The molecule has 0 heterocycles. The molecular formula is C27H39NO4. The van der Waals surface area contributed by atoms with Crippen LogP contribution in [0.3, 0.4) is 0 Å². The molecule has 1 aromatic rings. The van der Waals surface area contributed by atoms with Crippen molar-refractivity contribution in [1.29, 1.82) is 0 Å². The monoisotopic (exact) mass is 441 g/mol. The molecule has 5 nitrogen and oxygen atoms in total. The number of allylic oxidation sites excluding steroid dienone is 8. The molecular weight excluding hydrogens is 402 g/mol. The van der Waals surface area contributed by atoms with Crippen molar-refractivity contribution in [2.75, 3.05) is 0 Å². The van der Waals surface area contributed by atoms with E-state index in [1.54, 1.807) is 0 Å². The fraction of sp³-hybridized carbons (Fsp3) is 0.444. The van der Waals surface area contributed by atoms with E-state index in [0.29, 0.717) is 0 Å². The number of non-ortho nitro benzene ring substituents is 1. The molecule has 0 aliphatic carbocycles. The van der Waals surface area contributed by atoms with Gasteiger partial charge in [0.25, 0.3) is 5.69 Å². The van der Waals surface area contributed by atoms with E-state index < -0.39 is 10.9 Å². The third-order valence-electron chi connectivity index (χ3n) is 4.99. The second kappa shape index (κ2) is 17.7. The number of carbonyl (C=O) groups is 1. The summed E-state index contributed by atoms with van der Waals surface area (Å²) in [5.41, 5.74) is 4.48. The Labute approximate surface area is 193 Å². The highest BCUT2D eigenvalue weighted by Gasteiger charge is 2.06. The quantitative estimate of drug-likeness (QED) is 0.200. The topological polar surface area (TPSA) is 80.4 Å². The van der Waals surface area contributed by atoms with E-state index >= 15 is 0 Å². The number of nitro benzene ring substituents is 1. The molecule has 0 unspecified atom stereocenters. The normalized spacial score (nSPS) is 12.5. The number of hydrogen-bond acceptors (Lipinski definition) is 3.